The number of fused-ring (bicyclic) bond motifs is 1. The Balaban J connectivity index is 0.000000774. The molecule has 2 heteroatoms. The maximum absolute atomic E-state index is 7.00. The van der Waals surface area contributed by atoms with Gasteiger partial charge in [0.1, 0.15) is 0 Å². The highest BCUT2D eigenvalue weighted by molar-refractivity contribution is 5.34. The van der Waals surface area contributed by atoms with Crippen molar-refractivity contribution < 1.29 is 5.11 Å². The van der Waals surface area contributed by atoms with Gasteiger partial charge in [-0.15, -0.1) is 0 Å². The first kappa shape index (κ1) is 15.7. The van der Waals surface area contributed by atoms with E-state index in [-0.39, 0.29) is 0 Å². The molecular weight excluding hydrogens is 258 g/mol. The van der Waals surface area contributed by atoms with Crippen molar-refractivity contribution in [2.75, 3.05) is 20.7 Å². The van der Waals surface area contributed by atoms with Crippen LogP contribution in [-0.4, -0.2) is 30.7 Å². The molecule has 21 heavy (non-hydrogen) atoms. The van der Waals surface area contributed by atoms with E-state index in [0.29, 0.717) is 6.04 Å². The summed E-state index contributed by atoms with van der Waals surface area (Å²) in [5.74, 6) is 0. The van der Waals surface area contributed by atoms with E-state index in [1.807, 2.05) is 0 Å². The summed E-state index contributed by atoms with van der Waals surface area (Å²) in [6.45, 7) is 3.30. The van der Waals surface area contributed by atoms with Crippen LogP contribution in [0.4, 0.5) is 0 Å². The molecule has 0 aliphatic carbocycles. The lowest BCUT2D eigenvalue weighted by Gasteiger charge is -2.34. The Labute approximate surface area is 128 Å². The lowest BCUT2D eigenvalue weighted by atomic mass is 9.89. The van der Waals surface area contributed by atoms with Crippen LogP contribution in [0.3, 0.4) is 0 Å². The standard InChI is InChI=1S/C18H21N.CH4O/c1-14-7-9-15(10-8-14)13-18-17-6-4-3-5-16(17)11-12-19(18)2;1-2/h3-10,18H,11-13H2,1-2H3;2H,1H3. The monoisotopic (exact) mass is 283 g/mol. The molecule has 0 saturated carbocycles. The SMILES string of the molecule is CO.Cc1ccc(CC2c3ccccc3CCN2C)cc1. The highest BCUT2D eigenvalue weighted by Crippen LogP contribution is 2.31. The van der Waals surface area contributed by atoms with Crippen molar-refractivity contribution in [3.63, 3.8) is 0 Å². The molecule has 0 saturated heterocycles. The third-order valence-corrected chi connectivity index (χ3v) is 4.23. The minimum Gasteiger partial charge on any atom is -0.400 e. The first-order valence-corrected chi connectivity index (χ1v) is 7.52. The van der Waals surface area contributed by atoms with Crippen molar-refractivity contribution in [2.45, 2.75) is 25.8 Å². The van der Waals surface area contributed by atoms with Crippen molar-refractivity contribution in [3.05, 3.63) is 70.8 Å². The number of aryl methyl sites for hydroxylation is 1. The van der Waals surface area contributed by atoms with Crippen LogP contribution in [0.15, 0.2) is 48.5 Å². The van der Waals surface area contributed by atoms with Gasteiger partial charge in [0.05, 0.1) is 0 Å². The quantitative estimate of drug-likeness (QED) is 0.913. The van der Waals surface area contributed by atoms with E-state index in [9.17, 15) is 0 Å². The number of likely N-dealkylation sites (N-methyl/N-ethyl adjacent to an activating group) is 1. The molecule has 2 nitrogen and oxygen atoms in total. The zero-order valence-electron chi connectivity index (χ0n) is 13.2. The molecule has 1 aliphatic heterocycles. The highest BCUT2D eigenvalue weighted by atomic mass is 16.2. The van der Waals surface area contributed by atoms with Crippen molar-refractivity contribution >= 4 is 0 Å². The van der Waals surface area contributed by atoms with Gasteiger partial charge >= 0.3 is 0 Å². The molecule has 0 fully saturated rings. The Morgan fingerprint density at radius 3 is 2.43 bits per heavy atom. The summed E-state index contributed by atoms with van der Waals surface area (Å²) < 4.78 is 0. The molecule has 2 aromatic rings. The third kappa shape index (κ3) is 3.72. The topological polar surface area (TPSA) is 23.5 Å². The van der Waals surface area contributed by atoms with Gasteiger partial charge < -0.3 is 5.11 Å². The largest absolute Gasteiger partial charge is 0.400 e. The number of hydrogen-bond acceptors (Lipinski definition) is 2. The summed E-state index contributed by atoms with van der Waals surface area (Å²) in [5, 5.41) is 7.00. The average Bonchev–Trinajstić information content (AvgIpc) is 2.54. The fourth-order valence-electron chi connectivity index (χ4n) is 2.99. The van der Waals surface area contributed by atoms with Gasteiger partial charge in [0, 0.05) is 19.7 Å². The second kappa shape index (κ2) is 7.39. The van der Waals surface area contributed by atoms with Crippen LogP contribution in [0.5, 0.6) is 0 Å². The fraction of sp³-hybridized carbons (Fsp3) is 0.368. The van der Waals surface area contributed by atoms with E-state index in [1.165, 1.54) is 28.7 Å². The third-order valence-electron chi connectivity index (χ3n) is 4.23. The van der Waals surface area contributed by atoms with E-state index < -0.39 is 0 Å². The normalized spacial score (nSPS) is 17.6. The Bertz CT molecular complexity index is 562. The lowest BCUT2D eigenvalue weighted by Crippen LogP contribution is -2.33. The number of nitrogens with zero attached hydrogens (tertiary/aromatic N) is 1. The Morgan fingerprint density at radius 2 is 1.71 bits per heavy atom. The van der Waals surface area contributed by atoms with Crippen molar-refractivity contribution in [1.82, 2.24) is 4.90 Å². The highest BCUT2D eigenvalue weighted by Gasteiger charge is 2.24. The van der Waals surface area contributed by atoms with Gasteiger partial charge in [-0.25, -0.2) is 0 Å². The maximum Gasteiger partial charge on any atom is 0.0388 e. The number of hydrogen-bond donors (Lipinski definition) is 1. The van der Waals surface area contributed by atoms with Crippen molar-refractivity contribution in [1.29, 1.82) is 0 Å². The molecule has 1 atom stereocenters. The number of aliphatic hydroxyl groups excluding tert-OH is 1. The van der Waals surface area contributed by atoms with E-state index in [0.717, 1.165) is 20.1 Å². The Hall–Kier alpha value is -1.64. The van der Waals surface area contributed by atoms with Crippen LogP contribution in [0, 0.1) is 6.92 Å². The summed E-state index contributed by atoms with van der Waals surface area (Å²) in [7, 11) is 3.24. The number of benzene rings is 2. The van der Waals surface area contributed by atoms with Crippen LogP contribution in [-0.2, 0) is 12.8 Å². The zero-order valence-corrected chi connectivity index (χ0v) is 13.2. The minimum atomic E-state index is 0.521. The predicted octanol–water partition coefficient (Wildman–Crippen LogP) is 3.38. The number of aliphatic hydroxyl groups is 1. The summed E-state index contributed by atoms with van der Waals surface area (Å²) in [4.78, 5) is 2.49. The first-order valence-electron chi connectivity index (χ1n) is 7.52. The van der Waals surface area contributed by atoms with Crippen LogP contribution in [0.1, 0.15) is 28.3 Å². The Morgan fingerprint density at radius 1 is 1.05 bits per heavy atom. The Kier molecular flexibility index (Phi) is 5.54. The summed E-state index contributed by atoms with van der Waals surface area (Å²) in [6, 6.07) is 18.4. The first-order chi connectivity index (χ1) is 10.2. The van der Waals surface area contributed by atoms with Gasteiger partial charge in [0.25, 0.3) is 0 Å². The van der Waals surface area contributed by atoms with E-state index in [4.69, 9.17) is 5.11 Å². The molecule has 0 spiro atoms. The average molecular weight is 283 g/mol. The van der Waals surface area contributed by atoms with Gasteiger partial charge in [-0.1, -0.05) is 54.1 Å². The molecule has 2 aromatic carbocycles. The fourth-order valence-corrected chi connectivity index (χ4v) is 2.99. The second-order valence-electron chi connectivity index (χ2n) is 5.63. The van der Waals surface area contributed by atoms with Gasteiger partial charge in [-0.05, 0) is 43.5 Å². The molecular formula is C19H25NO. The smallest absolute Gasteiger partial charge is 0.0388 e. The molecule has 0 aromatic heterocycles. The maximum atomic E-state index is 7.00. The van der Waals surface area contributed by atoms with Gasteiger partial charge in [0.15, 0.2) is 0 Å². The summed E-state index contributed by atoms with van der Waals surface area (Å²) >= 11 is 0. The lowest BCUT2D eigenvalue weighted by molar-refractivity contribution is 0.229. The summed E-state index contributed by atoms with van der Waals surface area (Å²) in [6.07, 6.45) is 2.28. The molecule has 1 heterocycles. The van der Waals surface area contributed by atoms with Crippen molar-refractivity contribution in [3.8, 4) is 0 Å². The molecule has 3 rings (SSSR count). The molecule has 0 amide bonds. The van der Waals surface area contributed by atoms with Gasteiger partial charge in [-0.3, -0.25) is 4.90 Å². The van der Waals surface area contributed by atoms with Crippen molar-refractivity contribution in [2.24, 2.45) is 0 Å². The zero-order chi connectivity index (χ0) is 15.2. The summed E-state index contributed by atoms with van der Waals surface area (Å²) in [5.41, 5.74) is 5.80. The molecule has 1 N–H and O–H groups in total. The molecule has 0 radical (unpaired) electrons. The van der Waals surface area contributed by atoms with E-state index >= 15 is 0 Å². The number of rotatable bonds is 2. The van der Waals surface area contributed by atoms with Crippen LogP contribution < -0.4 is 0 Å². The predicted molar refractivity (Wildman–Crippen MR) is 88.5 cm³/mol. The van der Waals surface area contributed by atoms with E-state index in [1.54, 1.807) is 0 Å². The van der Waals surface area contributed by atoms with Crippen LogP contribution >= 0.6 is 0 Å². The van der Waals surface area contributed by atoms with Crippen LogP contribution in [0.2, 0.25) is 0 Å². The van der Waals surface area contributed by atoms with Crippen LogP contribution in [0.25, 0.3) is 0 Å². The van der Waals surface area contributed by atoms with E-state index in [2.05, 4.69) is 67.4 Å². The minimum absolute atomic E-state index is 0.521. The molecule has 1 unspecified atom stereocenters. The molecule has 0 bridgehead atoms. The molecule has 112 valence electrons. The molecule has 1 aliphatic rings. The second-order valence-corrected chi connectivity index (χ2v) is 5.63. The van der Waals surface area contributed by atoms with Gasteiger partial charge in [-0.2, -0.15) is 0 Å². The van der Waals surface area contributed by atoms with Gasteiger partial charge in [0.2, 0.25) is 0 Å².